The lowest BCUT2D eigenvalue weighted by Gasteiger charge is -2.57. The Morgan fingerprint density at radius 3 is 2.70 bits per heavy atom. The lowest BCUT2D eigenvalue weighted by atomic mass is 9.49. The molecule has 0 unspecified atom stereocenters. The van der Waals surface area contributed by atoms with Crippen molar-refractivity contribution < 1.29 is 4.79 Å². The van der Waals surface area contributed by atoms with Crippen molar-refractivity contribution in [3.63, 3.8) is 0 Å². The van der Waals surface area contributed by atoms with Crippen LogP contribution in [-0.4, -0.2) is 32.4 Å². The van der Waals surface area contributed by atoms with Crippen LogP contribution in [0.3, 0.4) is 0 Å². The van der Waals surface area contributed by atoms with Crippen molar-refractivity contribution in [1.82, 2.24) is 25.3 Å². The summed E-state index contributed by atoms with van der Waals surface area (Å²) in [5.74, 6) is -0.0530. The van der Waals surface area contributed by atoms with Crippen LogP contribution in [0.2, 0.25) is 0 Å². The zero-order valence-electron chi connectivity index (χ0n) is 16.6. The van der Waals surface area contributed by atoms with Crippen molar-refractivity contribution in [2.75, 3.05) is 6.54 Å². The summed E-state index contributed by atoms with van der Waals surface area (Å²) in [4.78, 5) is 23.9. The molecule has 154 valence electrons. The van der Waals surface area contributed by atoms with Crippen LogP contribution in [0.5, 0.6) is 0 Å². The van der Waals surface area contributed by atoms with Gasteiger partial charge in [0.05, 0.1) is 22.8 Å². The molecule has 2 aromatic heterocycles. The van der Waals surface area contributed by atoms with Gasteiger partial charge < -0.3 is 11.1 Å². The number of aromatic amines is 1. The summed E-state index contributed by atoms with van der Waals surface area (Å²) < 4.78 is 2.06. The van der Waals surface area contributed by atoms with E-state index in [4.69, 9.17) is 5.73 Å². The Kier molecular flexibility index (Phi) is 3.71. The summed E-state index contributed by atoms with van der Waals surface area (Å²) in [6.07, 6.45) is 5.10. The lowest BCUT2D eigenvalue weighted by Crippen LogP contribution is -2.48. The van der Waals surface area contributed by atoms with E-state index >= 15 is 0 Å². The number of aromatic nitrogens is 4. The van der Waals surface area contributed by atoms with Gasteiger partial charge in [-0.2, -0.15) is 10.2 Å². The first kappa shape index (κ1) is 17.8. The molecular formula is C22H24N6O2. The third-order valence-electron chi connectivity index (χ3n) is 7.35. The molecule has 1 spiro atoms. The van der Waals surface area contributed by atoms with Crippen molar-refractivity contribution in [1.29, 1.82) is 0 Å². The molecule has 3 aromatic rings. The third kappa shape index (κ3) is 2.49. The van der Waals surface area contributed by atoms with E-state index in [9.17, 15) is 9.59 Å². The second kappa shape index (κ2) is 6.25. The van der Waals surface area contributed by atoms with Crippen molar-refractivity contribution in [2.24, 2.45) is 11.1 Å². The minimum absolute atomic E-state index is 0.130. The average molecular weight is 404 g/mol. The topological polar surface area (TPSA) is 119 Å². The van der Waals surface area contributed by atoms with Crippen molar-refractivity contribution >= 4 is 16.7 Å². The van der Waals surface area contributed by atoms with E-state index in [2.05, 4.69) is 25.3 Å². The highest BCUT2D eigenvalue weighted by molar-refractivity contribution is 5.92. The van der Waals surface area contributed by atoms with E-state index in [0.717, 1.165) is 67.5 Å². The molecule has 4 N–H and O–H groups in total. The molecule has 0 atom stereocenters. The number of amides is 1. The van der Waals surface area contributed by atoms with Crippen LogP contribution in [0, 0.1) is 5.41 Å². The predicted octanol–water partition coefficient (Wildman–Crippen LogP) is 1.76. The van der Waals surface area contributed by atoms with E-state index in [0.29, 0.717) is 28.5 Å². The van der Waals surface area contributed by atoms with Gasteiger partial charge in [-0.1, -0.05) is 18.2 Å². The normalized spacial score (nSPS) is 27.5. The van der Waals surface area contributed by atoms with E-state index in [1.807, 2.05) is 24.3 Å². The Morgan fingerprint density at radius 2 is 1.93 bits per heavy atom. The number of benzene rings is 1. The van der Waals surface area contributed by atoms with E-state index in [1.165, 1.54) is 0 Å². The fraction of sp³-hybridized carbons (Fsp3) is 0.455. The second-order valence-corrected chi connectivity index (χ2v) is 9.16. The van der Waals surface area contributed by atoms with Gasteiger partial charge in [0.15, 0.2) is 5.69 Å². The summed E-state index contributed by atoms with van der Waals surface area (Å²) in [5, 5.41) is 16.7. The average Bonchev–Trinajstić information content (AvgIpc) is 3.07. The summed E-state index contributed by atoms with van der Waals surface area (Å²) in [5.41, 5.74) is 9.37. The minimum atomic E-state index is -0.430. The van der Waals surface area contributed by atoms with Crippen LogP contribution in [-0.2, 0) is 13.0 Å². The van der Waals surface area contributed by atoms with Crippen molar-refractivity contribution in [3.05, 3.63) is 57.3 Å². The smallest absolute Gasteiger partial charge is 0.272 e. The van der Waals surface area contributed by atoms with Gasteiger partial charge in [0.2, 0.25) is 0 Å². The largest absolute Gasteiger partial charge is 0.364 e. The quantitative estimate of drug-likeness (QED) is 0.615. The van der Waals surface area contributed by atoms with Gasteiger partial charge in [0.25, 0.3) is 11.5 Å². The number of hydrogen-bond acceptors (Lipinski definition) is 5. The van der Waals surface area contributed by atoms with Crippen LogP contribution in [0.1, 0.15) is 65.1 Å². The molecule has 8 nitrogen and oxygen atoms in total. The number of hydrogen-bond donors (Lipinski definition) is 3. The highest BCUT2D eigenvalue weighted by Crippen LogP contribution is 2.65. The zero-order chi connectivity index (χ0) is 20.5. The highest BCUT2D eigenvalue weighted by atomic mass is 16.1. The molecule has 6 rings (SSSR count). The minimum Gasteiger partial charge on any atom is -0.364 e. The van der Waals surface area contributed by atoms with Gasteiger partial charge >= 0.3 is 0 Å². The maximum absolute atomic E-state index is 12.1. The molecule has 0 bridgehead atoms. The fourth-order valence-electron chi connectivity index (χ4n) is 5.95. The molecule has 8 heteroatoms. The number of fused-ring (bicyclic) bond motifs is 2. The molecule has 2 fully saturated rings. The Bertz CT molecular complexity index is 1230. The van der Waals surface area contributed by atoms with Crippen molar-refractivity contribution in [2.45, 2.75) is 50.6 Å². The standard InChI is InChI=1S/C22H24N6O2/c23-20(29)19-16-5-6-24-11-17(16)28(27-19)13-9-22(10-13)7-12(8-22)18-14-3-1-2-4-15(14)21(30)26-25-18/h1-4,12-13,24H,5-11H2,(H2,23,29)(H,26,30). The summed E-state index contributed by atoms with van der Waals surface area (Å²) in [7, 11) is 0. The molecule has 1 amide bonds. The van der Waals surface area contributed by atoms with E-state index < -0.39 is 5.91 Å². The molecule has 2 aliphatic carbocycles. The molecule has 3 aliphatic rings. The first-order valence-electron chi connectivity index (χ1n) is 10.6. The van der Waals surface area contributed by atoms with Gasteiger partial charge in [-0.3, -0.25) is 14.3 Å². The van der Waals surface area contributed by atoms with Gasteiger partial charge in [-0.05, 0) is 50.1 Å². The highest BCUT2D eigenvalue weighted by Gasteiger charge is 2.55. The lowest BCUT2D eigenvalue weighted by molar-refractivity contribution is -0.0408. The van der Waals surface area contributed by atoms with Crippen LogP contribution in [0.4, 0.5) is 0 Å². The predicted molar refractivity (Wildman–Crippen MR) is 111 cm³/mol. The molecule has 0 radical (unpaired) electrons. The summed E-state index contributed by atoms with van der Waals surface area (Å²) >= 11 is 0. The Hall–Kier alpha value is -3.00. The van der Waals surface area contributed by atoms with E-state index in [-0.39, 0.29) is 5.56 Å². The molecule has 3 heterocycles. The number of carbonyl (C=O) groups excluding carboxylic acids is 1. The molecular weight excluding hydrogens is 380 g/mol. The van der Waals surface area contributed by atoms with Crippen molar-refractivity contribution in [3.8, 4) is 0 Å². The van der Waals surface area contributed by atoms with Crippen LogP contribution in [0.15, 0.2) is 29.1 Å². The molecule has 1 aliphatic heterocycles. The number of H-pyrrole nitrogens is 1. The number of rotatable bonds is 3. The van der Waals surface area contributed by atoms with Gasteiger partial charge in [-0.25, -0.2) is 5.10 Å². The van der Waals surface area contributed by atoms with Gasteiger partial charge in [0.1, 0.15) is 0 Å². The number of nitrogens with two attached hydrogens (primary N) is 1. The third-order valence-corrected chi connectivity index (χ3v) is 7.35. The van der Waals surface area contributed by atoms with Crippen LogP contribution in [0.25, 0.3) is 10.8 Å². The monoisotopic (exact) mass is 404 g/mol. The zero-order valence-corrected chi connectivity index (χ0v) is 16.6. The Morgan fingerprint density at radius 1 is 1.17 bits per heavy atom. The number of nitrogens with zero attached hydrogens (tertiary/aromatic N) is 3. The van der Waals surface area contributed by atoms with Crippen LogP contribution < -0.4 is 16.6 Å². The van der Waals surface area contributed by atoms with E-state index in [1.54, 1.807) is 0 Å². The van der Waals surface area contributed by atoms with Gasteiger partial charge in [0, 0.05) is 23.4 Å². The van der Waals surface area contributed by atoms with Gasteiger partial charge in [-0.15, -0.1) is 0 Å². The first-order chi connectivity index (χ1) is 14.5. The summed E-state index contributed by atoms with van der Waals surface area (Å²) in [6.45, 7) is 1.60. The SMILES string of the molecule is NC(=O)c1nn(C2CC3(CC(c4n[nH]c(=O)c5ccccc45)C3)C2)c2c1CCNC2. The number of nitrogens with one attached hydrogen (secondary N) is 2. The number of carbonyl (C=O) groups is 1. The molecule has 0 saturated heterocycles. The fourth-order valence-corrected chi connectivity index (χ4v) is 5.95. The molecule has 30 heavy (non-hydrogen) atoms. The maximum Gasteiger partial charge on any atom is 0.272 e. The number of primary amides is 1. The maximum atomic E-state index is 12.1. The Labute approximate surface area is 172 Å². The molecule has 2 saturated carbocycles. The Balaban J connectivity index is 1.21. The molecule has 1 aromatic carbocycles. The second-order valence-electron chi connectivity index (χ2n) is 9.16. The summed E-state index contributed by atoms with van der Waals surface area (Å²) in [6, 6.07) is 8.04. The van der Waals surface area contributed by atoms with Crippen LogP contribution >= 0.6 is 0 Å². The first-order valence-corrected chi connectivity index (χ1v) is 10.6.